The second-order valence-corrected chi connectivity index (χ2v) is 3.52. The zero-order valence-electron chi connectivity index (χ0n) is 6.47. The molecule has 0 heterocycles. The van der Waals surface area contributed by atoms with Gasteiger partial charge in [-0.1, -0.05) is 13.8 Å². The van der Waals surface area contributed by atoms with Gasteiger partial charge in [0.2, 0.25) is 0 Å². The molecule has 0 spiro atoms. The Morgan fingerprint density at radius 3 is 1.55 bits per heavy atom. The van der Waals surface area contributed by atoms with Gasteiger partial charge in [-0.15, -0.1) is 25.3 Å². The van der Waals surface area contributed by atoms with E-state index in [9.17, 15) is 8.78 Å². The minimum atomic E-state index is -2.23. The standard InChI is InChI=1S/C6H12F2OS2/c1-3-5(7,10)9-6(8,11)4-2/h10-11H,3-4H2,1-2H3. The summed E-state index contributed by atoms with van der Waals surface area (Å²) in [6, 6.07) is 0. The smallest absolute Gasteiger partial charge is 0.257 e. The average Bonchev–Trinajstić information content (AvgIpc) is 1.86. The molecule has 0 saturated carbocycles. The van der Waals surface area contributed by atoms with Crippen LogP contribution < -0.4 is 0 Å². The Balaban J connectivity index is 4.02. The van der Waals surface area contributed by atoms with Crippen LogP contribution in [0.15, 0.2) is 0 Å². The molecule has 0 saturated heterocycles. The summed E-state index contributed by atoms with van der Waals surface area (Å²) in [6.45, 7) is 3.01. The number of ether oxygens (including phenoxy) is 1. The molecule has 0 rings (SSSR count). The Morgan fingerprint density at radius 1 is 1.09 bits per heavy atom. The summed E-state index contributed by atoms with van der Waals surface area (Å²) in [5.41, 5.74) is 0. The van der Waals surface area contributed by atoms with Crippen LogP contribution in [-0.2, 0) is 4.74 Å². The lowest BCUT2D eigenvalue weighted by molar-refractivity contribution is -0.181. The normalized spacial score (nSPS) is 22.4. The molecule has 1 nitrogen and oxygen atoms in total. The summed E-state index contributed by atoms with van der Waals surface area (Å²) in [6.07, 6.45) is -0.0509. The molecule has 0 aliphatic heterocycles. The van der Waals surface area contributed by atoms with E-state index in [1.165, 1.54) is 13.8 Å². The van der Waals surface area contributed by atoms with Gasteiger partial charge in [-0.05, 0) is 0 Å². The summed E-state index contributed by atoms with van der Waals surface area (Å²) >= 11 is 6.91. The fraction of sp³-hybridized carbons (Fsp3) is 1.00. The summed E-state index contributed by atoms with van der Waals surface area (Å²) < 4.78 is 30.0. The zero-order chi connectivity index (χ0) is 9.12. The van der Waals surface area contributed by atoms with E-state index >= 15 is 0 Å². The van der Waals surface area contributed by atoms with E-state index in [2.05, 4.69) is 30.0 Å². The van der Waals surface area contributed by atoms with Crippen molar-refractivity contribution in [3.05, 3.63) is 0 Å². The molecule has 2 atom stereocenters. The Bertz CT molecular complexity index is 114. The largest absolute Gasteiger partial charge is 0.291 e. The van der Waals surface area contributed by atoms with Crippen molar-refractivity contribution in [1.29, 1.82) is 0 Å². The van der Waals surface area contributed by atoms with Gasteiger partial charge in [0.1, 0.15) is 0 Å². The van der Waals surface area contributed by atoms with Crippen molar-refractivity contribution in [2.24, 2.45) is 0 Å². The van der Waals surface area contributed by atoms with Crippen LogP contribution in [0.1, 0.15) is 26.7 Å². The first-order chi connectivity index (χ1) is 4.83. The SMILES string of the molecule is CCC(F)(S)OC(F)(S)CC. The van der Waals surface area contributed by atoms with Crippen LogP contribution in [0, 0.1) is 0 Å². The first-order valence-electron chi connectivity index (χ1n) is 3.35. The molecule has 11 heavy (non-hydrogen) atoms. The highest BCUT2D eigenvalue weighted by Gasteiger charge is 2.35. The molecule has 0 bridgehead atoms. The molecule has 0 aromatic heterocycles. The van der Waals surface area contributed by atoms with Crippen LogP contribution in [0.25, 0.3) is 0 Å². The lowest BCUT2D eigenvalue weighted by Gasteiger charge is -2.26. The fourth-order valence-electron chi connectivity index (χ4n) is 0.384. The van der Waals surface area contributed by atoms with Crippen molar-refractivity contribution in [2.75, 3.05) is 0 Å². The van der Waals surface area contributed by atoms with E-state index in [-0.39, 0.29) is 12.8 Å². The van der Waals surface area contributed by atoms with Crippen LogP contribution >= 0.6 is 25.3 Å². The van der Waals surface area contributed by atoms with Crippen molar-refractivity contribution >= 4 is 25.3 Å². The van der Waals surface area contributed by atoms with Crippen LogP contribution in [0.3, 0.4) is 0 Å². The molecule has 0 amide bonds. The molecule has 68 valence electrons. The zero-order valence-corrected chi connectivity index (χ0v) is 8.26. The predicted molar refractivity (Wildman–Crippen MR) is 47.3 cm³/mol. The van der Waals surface area contributed by atoms with Crippen LogP contribution in [0.5, 0.6) is 0 Å². The summed E-state index contributed by atoms with van der Waals surface area (Å²) in [7, 11) is 0. The lowest BCUT2D eigenvalue weighted by atomic mass is 10.4. The second-order valence-electron chi connectivity index (χ2n) is 2.19. The van der Waals surface area contributed by atoms with Gasteiger partial charge in [0.25, 0.3) is 10.4 Å². The maximum absolute atomic E-state index is 12.9. The van der Waals surface area contributed by atoms with Crippen molar-refractivity contribution in [2.45, 2.75) is 37.1 Å². The third-order valence-electron chi connectivity index (χ3n) is 1.18. The third-order valence-corrected chi connectivity index (χ3v) is 2.00. The second kappa shape index (κ2) is 3.96. The minimum Gasteiger partial charge on any atom is -0.291 e. The van der Waals surface area contributed by atoms with Crippen molar-refractivity contribution in [1.82, 2.24) is 0 Å². The van der Waals surface area contributed by atoms with E-state index in [1.54, 1.807) is 0 Å². The van der Waals surface area contributed by atoms with Crippen LogP contribution in [0.4, 0.5) is 8.78 Å². The van der Waals surface area contributed by atoms with Crippen molar-refractivity contribution in [3.8, 4) is 0 Å². The van der Waals surface area contributed by atoms with Crippen molar-refractivity contribution in [3.63, 3.8) is 0 Å². The average molecular weight is 202 g/mol. The number of halogens is 2. The van der Waals surface area contributed by atoms with E-state index in [4.69, 9.17) is 0 Å². The number of hydrogen-bond donors (Lipinski definition) is 2. The van der Waals surface area contributed by atoms with E-state index in [0.29, 0.717) is 0 Å². The quantitative estimate of drug-likeness (QED) is 0.526. The molecule has 0 fully saturated rings. The van der Waals surface area contributed by atoms with Gasteiger partial charge in [-0.25, -0.2) is 0 Å². The number of alkyl halides is 2. The van der Waals surface area contributed by atoms with E-state index in [1.807, 2.05) is 0 Å². The van der Waals surface area contributed by atoms with E-state index in [0.717, 1.165) is 0 Å². The topological polar surface area (TPSA) is 9.23 Å². The molecule has 0 N–H and O–H groups in total. The molecule has 0 aliphatic rings. The highest BCUT2D eigenvalue weighted by Crippen LogP contribution is 2.33. The molecule has 0 aromatic carbocycles. The molecule has 5 heteroatoms. The van der Waals surface area contributed by atoms with Gasteiger partial charge in [-0.2, -0.15) is 8.78 Å². The maximum Gasteiger partial charge on any atom is 0.257 e. The van der Waals surface area contributed by atoms with Gasteiger partial charge in [0.15, 0.2) is 0 Å². The van der Waals surface area contributed by atoms with Crippen LogP contribution in [0.2, 0.25) is 0 Å². The maximum atomic E-state index is 12.9. The van der Waals surface area contributed by atoms with Crippen molar-refractivity contribution < 1.29 is 13.5 Å². The first kappa shape index (κ1) is 11.5. The summed E-state index contributed by atoms with van der Waals surface area (Å²) in [4.78, 5) is 0. The Hall–Kier alpha value is 0.520. The molecule has 0 radical (unpaired) electrons. The Labute approximate surface area is 76.3 Å². The van der Waals surface area contributed by atoms with Gasteiger partial charge in [0.05, 0.1) is 0 Å². The van der Waals surface area contributed by atoms with Gasteiger partial charge < -0.3 is 0 Å². The van der Waals surface area contributed by atoms with Crippen LogP contribution in [-0.4, -0.2) is 10.4 Å². The number of thiol groups is 2. The molecule has 0 aliphatic carbocycles. The molecule has 0 aromatic rings. The highest BCUT2D eigenvalue weighted by atomic mass is 32.1. The van der Waals surface area contributed by atoms with Gasteiger partial charge in [0, 0.05) is 12.8 Å². The lowest BCUT2D eigenvalue weighted by Crippen LogP contribution is -2.30. The predicted octanol–water partition coefficient (Wildman–Crippen LogP) is 2.93. The first-order valence-corrected chi connectivity index (χ1v) is 4.25. The highest BCUT2D eigenvalue weighted by molar-refractivity contribution is 7.82. The molecular weight excluding hydrogens is 190 g/mol. The van der Waals surface area contributed by atoms with E-state index < -0.39 is 10.4 Å². The number of rotatable bonds is 4. The third kappa shape index (κ3) is 4.87. The Kier molecular flexibility index (Phi) is 4.15. The molecular formula is C6H12F2OS2. The summed E-state index contributed by atoms with van der Waals surface area (Å²) in [5.74, 6) is 0. The Morgan fingerprint density at radius 2 is 1.36 bits per heavy atom. The summed E-state index contributed by atoms with van der Waals surface area (Å²) in [5, 5.41) is -4.46. The van der Waals surface area contributed by atoms with Gasteiger partial charge in [-0.3, -0.25) is 4.74 Å². The fourth-order valence-corrected chi connectivity index (χ4v) is 0.745. The van der Waals surface area contributed by atoms with Gasteiger partial charge >= 0.3 is 0 Å². The monoisotopic (exact) mass is 202 g/mol. The minimum absolute atomic E-state index is 0.0255. The molecule has 2 unspecified atom stereocenters. The number of hydrogen-bond acceptors (Lipinski definition) is 3.